The van der Waals surface area contributed by atoms with E-state index in [9.17, 15) is 17.6 Å². The molecule has 2 fully saturated rings. The molecule has 1 aliphatic heterocycles. The van der Waals surface area contributed by atoms with Gasteiger partial charge in [-0.1, -0.05) is 54.6 Å². The van der Waals surface area contributed by atoms with Gasteiger partial charge in [-0.05, 0) is 49.8 Å². The van der Waals surface area contributed by atoms with E-state index in [1.807, 2.05) is 48.5 Å². The van der Waals surface area contributed by atoms with Crippen LogP contribution in [0.3, 0.4) is 0 Å². The van der Waals surface area contributed by atoms with Crippen LogP contribution in [0.5, 0.6) is 0 Å². The maximum Gasteiger partial charge on any atom is 0.259 e. The lowest BCUT2D eigenvalue weighted by Gasteiger charge is -2.31. The first-order valence-electron chi connectivity index (χ1n) is 10.6. The zero-order valence-corrected chi connectivity index (χ0v) is 19.0. The van der Waals surface area contributed by atoms with Crippen molar-refractivity contribution in [3.63, 3.8) is 0 Å². The molecule has 7 heteroatoms. The zero-order chi connectivity index (χ0) is 22.4. The lowest BCUT2D eigenvalue weighted by Crippen LogP contribution is -2.52. The standard InChI is InChI=1S/C24H29FN2O3S/c1-23(2,25)22(28)27-16-24(12-13-24)21(26-31(3,29)30)20(27)15-17-8-7-11-19(14-17)18-9-5-4-6-10-18/h4-11,14,20-21,26H,12-13,15-16H2,1-3H3. The van der Waals surface area contributed by atoms with Crippen LogP contribution in [0.4, 0.5) is 4.39 Å². The van der Waals surface area contributed by atoms with Gasteiger partial charge in [-0.15, -0.1) is 0 Å². The Bertz CT molecular complexity index is 1080. The topological polar surface area (TPSA) is 66.5 Å². The Kier molecular flexibility index (Phi) is 5.46. The average molecular weight is 445 g/mol. The Hall–Kier alpha value is -2.25. The highest BCUT2D eigenvalue weighted by molar-refractivity contribution is 7.88. The van der Waals surface area contributed by atoms with Crippen molar-refractivity contribution >= 4 is 15.9 Å². The molecule has 2 aliphatic rings. The molecule has 166 valence electrons. The van der Waals surface area contributed by atoms with Crippen molar-refractivity contribution in [3.8, 4) is 11.1 Å². The maximum absolute atomic E-state index is 14.6. The molecule has 4 rings (SSSR count). The van der Waals surface area contributed by atoms with Crippen LogP contribution >= 0.6 is 0 Å². The molecule has 0 bridgehead atoms. The van der Waals surface area contributed by atoms with Gasteiger partial charge in [-0.2, -0.15) is 0 Å². The van der Waals surface area contributed by atoms with Gasteiger partial charge in [0.1, 0.15) is 0 Å². The van der Waals surface area contributed by atoms with Crippen LogP contribution in [-0.2, 0) is 21.2 Å². The van der Waals surface area contributed by atoms with Crippen LogP contribution in [0.1, 0.15) is 32.3 Å². The zero-order valence-electron chi connectivity index (χ0n) is 18.1. The molecular weight excluding hydrogens is 415 g/mol. The lowest BCUT2D eigenvalue weighted by atomic mass is 9.91. The number of rotatable bonds is 6. The smallest absolute Gasteiger partial charge is 0.259 e. The van der Waals surface area contributed by atoms with Gasteiger partial charge < -0.3 is 4.90 Å². The van der Waals surface area contributed by atoms with E-state index in [1.165, 1.54) is 13.8 Å². The molecule has 1 N–H and O–H groups in total. The number of amides is 1. The fraction of sp³-hybridized carbons (Fsp3) is 0.458. The largest absolute Gasteiger partial charge is 0.334 e. The molecule has 1 saturated carbocycles. The summed E-state index contributed by atoms with van der Waals surface area (Å²) in [5.41, 5.74) is 0.803. The summed E-state index contributed by atoms with van der Waals surface area (Å²) in [7, 11) is -3.48. The number of nitrogens with one attached hydrogen (secondary N) is 1. The number of sulfonamides is 1. The second kappa shape index (κ2) is 7.71. The third kappa shape index (κ3) is 4.67. The SMILES string of the molecule is CC(C)(F)C(=O)N1CC2(CC2)C(NS(C)(=O)=O)C1Cc1cccc(-c2ccccc2)c1. The summed E-state index contributed by atoms with van der Waals surface area (Å²) < 4.78 is 41.7. The second-order valence-electron chi connectivity index (χ2n) is 9.47. The van der Waals surface area contributed by atoms with Gasteiger partial charge in [0.25, 0.3) is 5.91 Å². The van der Waals surface area contributed by atoms with Gasteiger partial charge in [0.2, 0.25) is 10.0 Å². The van der Waals surface area contributed by atoms with Crippen LogP contribution < -0.4 is 4.72 Å². The van der Waals surface area contributed by atoms with Crippen molar-refractivity contribution in [2.75, 3.05) is 12.8 Å². The summed E-state index contributed by atoms with van der Waals surface area (Å²) >= 11 is 0. The monoisotopic (exact) mass is 444 g/mol. The number of likely N-dealkylation sites (tertiary alicyclic amines) is 1. The molecule has 1 amide bonds. The first-order valence-corrected chi connectivity index (χ1v) is 12.5. The van der Waals surface area contributed by atoms with Gasteiger partial charge >= 0.3 is 0 Å². The maximum atomic E-state index is 14.6. The number of nitrogens with zero attached hydrogens (tertiary/aromatic N) is 1. The molecule has 2 atom stereocenters. The molecule has 2 unspecified atom stereocenters. The highest BCUT2D eigenvalue weighted by Crippen LogP contribution is 2.56. The van der Waals surface area contributed by atoms with E-state index in [-0.39, 0.29) is 5.41 Å². The number of carbonyl (C=O) groups excluding carboxylic acids is 1. The number of hydrogen-bond donors (Lipinski definition) is 1. The molecule has 31 heavy (non-hydrogen) atoms. The van der Waals surface area contributed by atoms with Gasteiger partial charge in [0.15, 0.2) is 5.67 Å². The van der Waals surface area contributed by atoms with Crippen molar-refractivity contribution in [2.45, 2.75) is 50.9 Å². The Morgan fingerprint density at radius 1 is 1.13 bits per heavy atom. The Balaban J connectivity index is 1.69. The van der Waals surface area contributed by atoms with Crippen molar-refractivity contribution in [1.29, 1.82) is 0 Å². The van der Waals surface area contributed by atoms with Crippen LogP contribution in [0.15, 0.2) is 54.6 Å². The predicted octanol–water partition coefficient (Wildman–Crippen LogP) is 3.55. The predicted molar refractivity (Wildman–Crippen MR) is 120 cm³/mol. The fourth-order valence-electron chi connectivity index (χ4n) is 4.75. The number of benzene rings is 2. The van der Waals surface area contributed by atoms with Crippen molar-refractivity contribution in [3.05, 3.63) is 60.2 Å². The molecule has 0 radical (unpaired) electrons. The number of hydrogen-bond acceptors (Lipinski definition) is 3. The molecule has 2 aromatic rings. The van der Waals surface area contributed by atoms with E-state index in [0.717, 1.165) is 35.8 Å². The summed E-state index contributed by atoms with van der Waals surface area (Å²) in [4.78, 5) is 14.5. The van der Waals surface area contributed by atoms with E-state index in [2.05, 4.69) is 10.8 Å². The molecule has 2 aromatic carbocycles. The van der Waals surface area contributed by atoms with Gasteiger partial charge in [0.05, 0.1) is 12.3 Å². The molecule has 5 nitrogen and oxygen atoms in total. The number of halogens is 1. The van der Waals surface area contributed by atoms with Gasteiger partial charge in [-0.3, -0.25) is 4.79 Å². The van der Waals surface area contributed by atoms with Crippen LogP contribution in [0.2, 0.25) is 0 Å². The normalized spacial score (nSPS) is 22.6. The van der Waals surface area contributed by atoms with Crippen LogP contribution in [0.25, 0.3) is 11.1 Å². The minimum atomic E-state index is -3.48. The molecule has 1 aliphatic carbocycles. The van der Waals surface area contributed by atoms with E-state index in [4.69, 9.17) is 0 Å². The van der Waals surface area contributed by atoms with Crippen LogP contribution in [-0.4, -0.2) is 49.8 Å². The van der Waals surface area contributed by atoms with E-state index in [1.54, 1.807) is 4.90 Å². The lowest BCUT2D eigenvalue weighted by molar-refractivity contribution is -0.143. The molecule has 1 saturated heterocycles. The third-order valence-corrected chi connectivity index (χ3v) is 7.09. The van der Waals surface area contributed by atoms with Crippen molar-refractivity contribution in [2.24, 2.45) is 5.41 Å². The highest BCUT2D eigenvalue weighted by Gasteiger charge is 2.62. The molecular formula is C24H29FN2O3S. The first-order chi connectivity index (χ1) is 14.5. The number of carbonyl (C=O) groups is 1. The molecule has 1 spiro atoms. The average Bonchev–Trinajstić information content (AvgIpc) is 3.43. The summed E-state index contributed by atoms with van der Waals surface area (Å²) in [6, 6.07) is 17.1. The summed E-state index contributed by atoms with van der Waals surface area (Å²) in [6.07, 6.45) is 3.26. The summed E-state index contributed by atoms with van der Waals surface area (Å²) in [5, 5.41) is 0. The summed E-state index contributed by atoms with van der Waals surface area (Å²) in [6.45, 7) is 2.91. The minimum absolute atomic E-state index is 0.300. The Morgan fingerprint density at radius 2 is 1.77 bits per heavy atom. The van der Waals surface area contributed by atoms with Crippen LogP contribution in [0, 0.1) is 5.41 Å². The summed E-state index contributed by atoms with van der Waals surface area (Å²) in [5.74, 6) is -0.583. The second-order valence-corrected chi connectivity index (χ2v) is 11.3. The first kappa shape index (κ1) is 22.0. The van der Waals surface area contributed by atoms with Gasteiger partial charge in [0, 0.05) is 18.0 Å². The van der Waals surface area contributed by atoms with E-state index in [0.29, 0.717) is 13.0 Å². The fourth-order valence-corrected chi connectivity index (χ4v) is 5.62. The van der Waals surface area contributed by atoms with E-state index < -0.39 is 33.7 Å². The Morgan fingerprint density at radius 3 is 2.35 bits per heavy atom. The minimum Gasteiger partial charge on any atom is -0.334 e. The third-order valence-electron chi connectivity index (χ3n) is 6.41. The van der Waals surface area contributed by atoms with E-state index >= 15 is 0 Å². The Labute approximate surface area is 183 Å². The molecule has 1 heterocycles. The quantitative estimate of drug-likeness (QED) is 0.741. The molecule has 0 aromatic heterocycles. The number of alkyl halides is 1. The highest BCUT2D eigenvalue weighted by atomic mass is 32.2. The van der Waals surface area contributed by atoms with Gasteiger partial charge in [-0.25, -0.2) is 17.5 Å². The van der Waals surface area contributed by atoms with Crippen molar-refractivity contribution in [1.82, 2.24) is 9.62 Å². The van der Waals surface area contributed by atoms with Crippen molar-refractivity contribution < 1.29 is 17.6 Å².